The fraction of sp³-hybridized carbons (Fsp3) is 0.250. The number of aryl methyl sites for hydroxylation is 1. The van der Waals surface area contributed by atoms with E-state index in [9.17, 15) is 9.59 Å². The van der Waals surface area contributed by atoms with E-state index >= 15 is 0 Å². The van der Waals surface area contributed by atoms with E-state index in [0.29, 0.717) is 5.56 Å². The molecule has 1 aliphatic rings. The first-order valence-corrected chi connectivity index (χ1v) is 7.96. The zero-order valence-corrected chi connectivity index (χ0v) is 13.0. The lowest BCUT2D eigenvalue weighted by molar-refractivity contribution is 0.0813. The molecule has 1 aromatic carbocycles. The van der Waals surface area contributed by atoms with Gasteiger partial charge in [-0.05, 0) is 24.8 Å². The van der Waals surface area contributed by atoms with Gasteiger partial charge in [0.05, 0.1) is 11.3 Å². The first kappa shape index (κ1) is 13.9. The molecule has 3 rings (SSSR count). The van der Waals surface area contributed by atoms with Crippen LogP contribution in [0.25, 0.3) is 11.3 Å². The SMILES string of the molecule is CS[C@H]1c2c(cc(=O)[nH]c2-c2cccc(C)c2)C(=O)N1C. The maximum atomic E-state index is 12.3. The van der Waals surface area contributed by atoms with Gasteiger partial charge in [0.1, 0.15) is 5.37 Å². The van der Waals surface area contributed by atoms with Crippen molar-refractivity contribution in [2.75, 3.05) is 13.3 Å². The van der Waals surface area contributed by atoms with Crippen molar-refractivity contribution in [2.45, 2.75) is 12.3 Å². The predicted molar refractivity (Wildman–Crippen MR) is 85.6 cm³/mol. The van der Waals surface area contributed by atoms with Crippen molar-refractivity contribution < 1.29 is 4.79 Å². The Morgan fingerprint density at radius 3 is 2.67 bits per heavy atom. The molecule has 1 N–H and O–H groups in total. The van der Waals surface area contributed by atoms with Crippen LogP contribution in [0.1, 0.15) is 26.9 Å². The molecular formula is C16H16N2O2S. The second-order valence-electron chi connectivity index (χ2n) is 5.21. The van der Waals surface area contributed by atoms with Gasteiger partial charge in [0.2, 0.25) is 5.56 Å². The summed E-state index contributed by atoms with van der Waals surface area (Å²) < 4.78 is 0. The van der Waals surface area contributed by atoms with Crippen molar-refractivity contribution in [3.05, 3.63) is 57.4 Å². The van der Waals surface area contributed by atoms with Gasteiger partial charge in [-0.25, -0.2) is 0 Å². The molecule has 5 heteroatoms. The number of aromatic amines is 1. The van der Waals surface area contributed by atoms with Gasteiger partial charge in [-0.15, -0.1) is 11.8 Å². The van der Waals surface area contributed by atoms with Crippen LogP contribution in [0.15, 0.2) is 35.1 Å². The Kier molecular flexibility index (Phi) is 3.37. The number of hydrogen-bond acceptors (Lipinski definition) is 3. The van der Waals surface area contributed by atoms with Crippen molar-refractivity contribution >= 4 is 17.7 Å². The molecule has 4 nitrogen and oxygen atoms in total. The highest BCUT2D eigenvalue weighted by atomic mass is 32.2. The standard InChI is InChI=1S/C16H16N2O2S/c1-9-5-4-6-10(7-9)14-13-11(8-12(19)17-14)15(20)18(2)16(13)21-3/h4-8,16H,1-3H3,(H,17,19)/t16-/m0/s1. The Morgan fingerprint density at radius 1 is 1.24 bits per heavy atom. The quantitative estimate of drug-likeness (QED) is 0.928. The van der Waals surface area contributed by atoms with E-state index in [1.54, 1.807) is 23.7 Å². The summed E-state index contributed by atoms with van der Waals surface area (Å²) in [5.74, 6) is -0.0932. The number of nitrogens with one attached hydrogen (secondary N) is 1. The van der Waals surface area contributed by atoms with Crippen LogP contribution < -0.4 is 5.56 Å². The first-order chi connectivity index (χ1) is 10.0. The number of nitrogens with zero attached hydrogens (tertiary/aromatic N) is 1. The van der Waals surface area contributed by atoms with Gasteiger partial charge in [-0.1, -0.05) is 23.8 Å². The molecule has 0 unspecified atom stereocenters. The molecular weight excluding hydrogens is 284 g/mol. The Morgan fingerprint density at radius 2 is 2.00 bits per heavy atom. The van der Waals surface area contributed by atoms with Crippen LogP contribution in [-0.4, -0.2) is 29.1 Å². The molecule has 1 atom stereocenters. The van der Waals surface area contributed by atoms with Gasteiger partial charge in [-0.2, -0.15) is 0 Å². The van der Waals surface area contributed by atoms with Gasteiger partial charge in [0.25, 0.3) is 5.91 Å². The molecule has 108 valence electrons. The number of benzene rings is 1. The number of aromatic nitrogens is 1. The van der Waals surface area contributed by atoms with Crippen LogP contribution in [0, 0.1) is 6.92 Å². The molecule has 0 aliphatic carbocycles. The molecule has 2 aromatic rings. The summed E-state index contributed by atoms with van der Waals surface area (Å²) >= 11 is 1.59. The number of fused-ring (bicyclic) bond motifs is 1. The molecule has 0 saturated carbocycles. The zero-order valence-electron chi connectivity index (χ0n) is 12.1. The Bertz CT molecular complexity index is 782. The third-order valence-electron chi connectivity index (χ3n) is 3.76. The van der Waals surface area contributed by atoms with Gasteiger partial charge in [-0.3, -0.25) is 9.59 Å². The number of amides is 1. The van der Waals surface area contributed by atoms with Crippen LogP contribution in [0.3, 0.4) is 0 Å². The molecule has 1 amide bonds. The number of thioether (sulfide) groups is 1. The third kappa shape index (κ3) is 2.17. The smallest absolute Gasteiger partial charge is 0.255 e. The second kappa shape index (κ2) is 5.07. The highest BCUT2D eigenvalue weighted by Gasteiger charge is 2.36. The summed E-state index contributed by atoms with van der Waals surface area (Å²) in [7, 11) is 1.77. The van der Waals surface area contributed by atoms with Crippen LogP contribution >= 0.6 is 11.8 Å². The average Bonchev–Trinajstić information content (AvgIpc) is 2.70. The molecule has 0 saturated heterocycles. The normalized spacial score (nSPS) is 17.2. The van der Waals surface area contributed by atoms with Crippen molar-refractivity contribution in [1.82, 2.24) is 9.88 Å². The zero-order chi connectivity index (χ0) is 15.1. The van der Waals surface area contributed by atoms with Crippen LogP contribution in [0.4, 0.5) is 0 Å². The van der Waals surface area contributed by atoms with Gasteiger partial charge in [0, 0.05) is 18.7 Å². The maximum Gasteiger partial charge on any atom is 0.255 e. The van der Waals surface area contributed by atoms with Gasteiger partial charge in [0.15, 0.2) is 0 Å². The molecule has 1 aliphatic heterocycles. The number of rotatable bonds is 2. The molecule has 0 fully saturated rings. The highest BCUT2D eigenvalue weighted by Crippen LogP contribution is 2.42. The second-order valence-corrected chi connectivity index (χ2v) is 6.13. The average molecular weight is 300 g/mol. The molecule has 1 aromatic heterocycles. The van der Waals surface area contributed by atoms with Gasteiger partial charge >= 0.3 is 0 Å². The van der Waals surface area contributed by atoms with E-state index < -0.39 is 0 Å². The van der Waals surface area contributed by atoms with Crippen LogP contribution in [-0.2, 0) is 0 Å². The van der Waals surface area contributed by atoms with Crippen LogP contribution in [0.2, 0.25) is 0 Å². The number of carbonyl (C=O) groups excluding carboxylic acids is 1. The van der Waals surface area contributed by atoms with Crippen LogP contribution in [0.5, 0.6) is 0 Å². The summed E-state index contributed by atoms with van der Waals surface area (Å²) in [5, 5.41) is -0.0696. The Labute approximate surface area is 127 Å². The van der Waals surface area contributed by atoms with E-state index in [-0.39, 0.29) is 16.8 Å². The van der Waals surface area contributed by atoms with E-state index in [2.05, 4.69) is 4.98 Å². The van der Waals surface area contributed by atoms with Gasteiger partial charge < -0.3 is 9.88 Å². The molecule has 0 radical (unpaired) electrons. The predicted octanol–water partition coefficient (Wildman–Crippen LogP) is 2.80. The van der Waals surface area contributed by atoms with Crippen molar-refractivity contribution in [3.8, 4) is 11.3 Å². The van der Waals surface area contributed by atoms with E-state index in [4.69, 9.17) is 0 Å². The van der Waals surface area contributed by atoms with E-state index in [0.717, 1.165) is 22.4 Å². The summed E-state index contributed by atoms with van der Waals surface area (Å²) in [6, 6.07) is 9.35. The molecule has 0 spiro atoms. The van der Waals surface area contributed by atoms with E-state index in [1.165, 1.54) is 6.07 Å². The largest absolute Gasteiger partial charge is 0.325 e. The number of pyridine rings is 1. The molecule has 0 bridgehead atoms. The minimum Gasteiger partial charge on any atom is -0.325 e. The fourth-order valence-electron chi connectivity index (χ4n) is 2.80. The molecule has 2 heterocycles. The highest BCUT2D eigenvalue weighted by molar-refractivity contribution is 7.98. The first-order valence-electron chi connectivity index (χ1n) is 6.67. The monoisotopic (exact) mass is 300 g/mol. The van der Waals surface area contributed by atoms with Crippen molar-refractivity contribution in [1.29, 1.82) is 0 Å². The summed E-state index contributed by atoms with van der Waals surface area (Å²) in [5.41, 5.74) is 3.97. The fourth-order valence-corrected chi connectivity index (χ4v) is 3.69. The van der Waals surface area contributed by atoms with E-state index in [1.807, 2.05) is 37.4 Å². The number of hydrogen-bond donors (Lipinski definition) is 1. The minimum atomic E-state index is -0.242. The summed E-state index contributed by atoms with van der Waals surface area (Å²) in [4.78, 5) is 28.8. The lowest BCUT2D eigenvalue weighted by Crippen LogP contribution is -2.21. The lowest BCUT2D eigenvalue weighted by atomic mass is 10.0. The number of H-pyrrole nitrogens is 1. The molecule has 21 heavy (non-hydrogen) atoms. The summed E-state index contributed by atoms with van der Waals surface area (Å²) in [6.07, 6.45) is 1.97. The summed E-state index contributed by atoms with van der Waals surface area (Å²) in [6.45, 7) is 2.01. The number of carbonyl (C=O) groups is 1. The topological polar surface area (TPSA) is 53.2 Å². The Balaban J connectivity index is 2.31. The Hall–Kier alpha value is -2.01. The van der Waals surface area contributed by atoms with Crippen molar-refractivity contribution in [2.24, 2.45) is 0 Å². The maximum absolute atomic E-state index is 12.3. The lowest BCUT2D eigenvalue weighted by Gasteiger charge is -2.19. The van der Waals surface area contributed by atoms with Crippen molar-refractivity contribution in [3.63, 3.8) is 0 Å². The third-order valence-corrected chi connectivity index (χ3v) is 4.76. The minimum absolute atomic E-state index is 0.0696.